The molecule has 1 heterocycles. The third-order valence-electron chi connectivity index (χ3n) is 1.75. The predicted octanol–water partition coefficient (Wildman–Crippen LogP) is 1.50. The van der Waals surface area contributed by atoms with Gasteiger partial charge in [-0.3, -0.25) is 0 Å². The predicted molar refractivity (Wildman–Crippen MR) is 44.4 cm³/mol. The molecule has 0 radical (unpaired) electrons. The molecular weight excluding hydrogens is 194 g/mol. The molecule has 0 saturated heterocycles. The maximum atomic E-state index is 10.9. The maximum absolute atomic E-state index is 10.9. The Bertz CT molecular complexity index is 402. The van der Waals surface area contributed by atoms with E-state index in [1.807, 2.05) is 0 Å². The van der Waals surface area contributed by atoms with Gasteiger partial charge in [-0.25, -0.2) is 4.79 Å². The lowest BCUT2D eigenvalue weighted by atomic mass is 10.1. The van der Waals surface area contributed by atoms with Gasteiger partial charge in [0, 0.05) is 10.6 Å². The van der Waals surface area contributed by atoms with Gasteiger partial charge in [0.25, 0.3) is 0 Å². The standard InChI is InChI=1S/C8H5ClNO3/c9-6-1-2-7-5(3-6)4-8(11)10(12)13-7/h1-3H,4H2/q+1. The van der Waals surface area contributed by atoms with Gasteiger partial charge in [-0.15, -0.1) is 0 Å². The molecule has 0 fully saturated rings. The topological polar surface area (TPSA) is 46.4 Å². The second-order valence-corrected chi connectivity index (χ2v) is 3.11. The van der Waals surface area contributed by atoms with Gasteiger partial charge in [-0.05, 0) is 18.2 Å². The molecule has 2 rings (SSSR count). The van der Waals surface area contributed by atoms with Crippen LogP contribution in [0.4, 0.5) is 0 Å². The van der Waals surface area contributed by atoms with Crippen molar-refractivity contribution >= 4 is 17.5 Å². The Morgan fingerprint density at radius 1 is 1.46 bits per heavy atom. The quantitative estimate of drug-likeness (QED) is 0.635. The average molecular weight is 199 g/mol. The lowest BCUT2D eigenvalue weighted by molar-refractivity contribution is -0.693. The second kappa shape index (κ2) is 2.81. The van der Waals surface area contributed by atoms with Crippen LogP contribution in [-0.2, 0) is 11.2 Å². The summed E-state index contributed by atoms with van der Waals surface area (Å²) in [5, 5.41) is 0.523. The summed E-state index contributed by atoms with van der Waals surface area (Å²) in [5.74, 6) is -0.228. The molecule has 13 heavy (non-hydrogen) atoms. The van der Waals surface area contributed by atoms with Crippen molar-refractivity contribution < 1.29 is 14.6 Å². The summed E-state index contributed by atoms with van der Waals surface area (Å²) < 4.78 is 0. The molecule has 1 aliphatic rings. The van der Waals surface area contributed by atoms with Crippen LogP contribution in [-0.4, -0.2) is 10.8 Å². The zero-order valence-corrected chi connectivity index (χ0v) is 7.25. The Morgan fingerprint density at radius 3 is 3.00 bits per heavy atom. The fourth-order valence-corrected chi connectivity index (χ4v) is 1.34. The highest BCUT2D eigenvalue weighted by atomic mass is 35.5. The molecule has 0 saturated carbocycles. The van der Waals surface area contributed by atoms with Gasteiger partial charge in [0.05, 0.1) is 4.91 Å². The summed E-state index contributed by atoms with van der Waals surface area (Å²) in [6.45, 7) is 0. The van der Waals surface area contributed by atoms with Gasteiger partial charge >= 0.3 is 10.8 Å². The highest BCUT2D eigenvalue weighted by Gasteiger charge is 2.34. The van der Waals surface area contributed by atoms with Crippen LogP contribution in [0.5, 0.6) is 5.75 Å². The first-order chi connectivity index (χ1) is 6.16. The Morgan fingerprint density at radius 2 is 2.23 bits per heavy atom. The molecule has 1 aliphatic heterocycles. The van der Waals surface area contributed by atoms with Gasteiger partial charge in [0.2, 0.25) is 5.75 Å². The van der Waals surface area contributed by atoms with Crippen LogP contribution in [0.1, 0.15) is 5.56 Å². The zero-order valence-electron chi connectivity index (χ0n) is 6.49. The van der Waals surface area contributed by atoms with Crippen molar-refractivity contribution in [2.24, 2.45) is 0 Å². The van der Waals surface area contributed by atoms with Crippen LogP contribution in [0.3, 0.4) is 0 Å². The number of rotatable bonds is 0. The van der Waals surface area contributed by atoms with E-state index < -0.39 is 5.91 Å². The minimum Gasteiger partial charge on any atom is -0.208 e. The highest BCUT2D eigenvalue weighted by molar-refractivity contribution is 6.30. The van der Waals surface area contributed by atoms with Gasteiger partial charge in [0.1, 0.15) is 6.42 Å². The first kappa shape index (κ1) is 8.19. The Labute approximate surface area is 78.6 Å². The van der Waals surface area contributed by atoms with Crippen molar-refractivity contribution in [3.8, 4) is 5.75 Å². The minimum atomic E-state index is -0.616. The first-order valence-electron chi connectivity index (χ1n) is 3.63. The van der Waals surface area contributed by atoms with Gasteiger partial charge < -0.3 is 0 Å². The number of amides is 1. The molecule has 0 atom stereocenters. The van der Waals surface area contributed by atoms with E-state index in [4.69, 9.17) is 11.6 Å². The molecule has 1 amide bonds. The number of fused-ring (bicyclic) bond motifs is 1. The summed E-state index contributed by atoms with van der Waals surface area (Å²) in [6.07, 6.45) is 0.0411. The van der Waals surface area contributed by atoms with Crippen LogP contribution in [0.25, 0.3) is 0 Å². The van der Waals surface area contributed by atoms with E-state index >= 15 is 0 Å². The van der Waals surface area contributed by atoms with E-state index in [1.54, 1.807) is 18.2 Å². The molecule has 1 aromatic rings. The molecular formula is C8H5ClNO3+. The second-order valence-electron chi connectivity index (χ2n) is 2.67. The summed E-state index contributed by atoms with van der Waals surface area (Å²) >= 11 is 5.70. The van der Waals surface area contributed by atoms with Crippen LogP contribution in [0.2, 0.25) is 5.02 Å². The smallest absolute Gasteiger partial charge is 0.208 e. The third kappa shape index (κ3) is 1.40. The van der Waals surface area contributed by atoms with Crippen molar-refractivity contribution in [2.75, 3.05) is 0 Å². The average Bonchev–Trinajstić information content (AvgIpc) is 2.08. The SMILES string of the molecule is O=C1Cc2cc(Cl)ccc2O[N+]1=O. The van der Waals surface area contributed by atoms with Crippen LogP contribution in [0.15, 0.2) is 18.2 Å². The van der Waals surface area contributed by atoms with Crippen molar-refractivity contribution in [1.29, 1.82) is 0 Å². The van der Waals surface area contributed by atoms with E-state index in [-0.39, 0.29) is 11.3 Å². The number of nitrogens with zero attached hydrogens (tertiary/aromatic N) is 1. The van der Waals surface area contributed by atoms with E-state index in [9.17, 15) is 9.70 Å². The number of hydrogen-bond acceptors (Lipinski definition) is 3. The monoisotopic (exact) mass is 198 g/mol. The Hall–Kier alpha value is -1.42. The normalized spacial score (nSPS) is 15.2. The molecule has 66 valence electrons. The van der Waals surface area contributed by atoms with Gasteiger partial charge in [-0.2, -0.15) is 4.84 Å². The largest absolute Gasteiger partial charge is 0.495 e. The van der Waals surface area contributed by atoms with E-state index in [2.05, 4.69) is 4.84 Å². The number of carbonyl (C=O) groups excluding carboxylic acids is 1. The Kier molecular flexibility index (Phi) is 1.77. The fourth-order valence-electron chi connectivity index (χ4n) is 1.14. The summed E-state index contributed by atoms with van der Waals surface area (Å²) in [4.78, 5) is 26.3. The third-order valence-corrected chi connectivity index (χ3v) is 1.98. The first-order valence-corrected chi connectivity index (χ1v) is 4.01. The molecule has 0 unspecified atom stereocenters. The minimum absolute atomic E-state index is 0.0176. The summed E-state index contributed by atoms with van der Waals surface area (Å²) in [7, 11) is 0. The molecule has 0 bridgehead atoms. The van der Waals surface area contributed by atoms with Crippen LogP contribution in [0, 0.1) is 4.91 Å². The van der Waals surface area contributed by atoms with Crippen molar-refractivity contribution in [1.82, 2.24) is 0 Å². The lowest BCUT2D eigenvalue weighted by Gasteiger charge is -2.05. The highest BCUT2D eigenvalue weighted by Crippen LogP contribution is 2.26. The summed E-state index contributed by atoms with van der Waals surface area (Å²) in [5.41, 5.74) is 0.643. The van der Waals surface area contributed by atoms with Crippen LogP contribution < -0.4 is 4.84 Å². The Balaban J connectivity index is 2.48. The molecule has 5 heteroatoms. The number of halogens is 1. The van der Waals surface area contributed by atoms with Crippen molar-refractivity contribution in [2.45, 2.75) is 6.42 Å². The van der Waals surface area contributed by atoms with Crippen molar-refractivity contribution in [3.63, 3.8) is 0 Å². The molecule has 0 spiro atoms. The lowest BCUT2D eigenvalue weighted by Crippen LogP contribution is -2.28. The molecule has 0 aliphatic carbocycles. The zero-order chi connectivity index (χ0) is 9.42. The van der Waals surface area contributed by atoms with Crippen molar-refractivity contribution in [3.05, 3.63) is 33.7 Å². The van der Waals surface area contributed by atoms with Crippen LogP contribution >= 0.6 is 11.6 Å². The molecule has 0 aromatic heterocycles. The van der Waals surface area contributed by atoms with Gasteiger partial charge in [0.15, 0.2) is 0 Å². The molecule has 0 N–H and O–H groups in total. The number of benzene rings is 1. The number of hydrogen-bond donors (Lipinski definition) is 0. The van der Waals surface area contributed by atoms with E-state index in [0.717, 1.165) is 0 Å². The van der Waals surface area contributed by atoms with Gasteiger partial charge in [-0.1, -0.05) is 11.6 Å². The summed E-state index contributed by atoms with van der Waals surface area (Å²) in [6, 6.07) is 4.78. The van der Waals surface area contributed by atoms with E-state index in [1.165, 1.54) is 0 Å². The molecule has 1 aromatic carbocycles. The van der Waals surface area contributed by atoms with E-state index in [0.29, 0.717) is 16.3 Å². The molecule has 4 nitrogen and oxygen atoms in total. The maximum Gasteiger partial charge on any atom is 0.495 e. The fraction of sp³-hybridized carbons (Fsp3) is 0.125. The number of carbonyl (C=O) groups is 1.